The van der Waals surface area contributed by atoms with E-state index in [1.165, 1.54) is 36.3 Å². The zero-order valence-electron chi connectivity index (χ0n) is 12.3. The first-order valence-electron chi connectivity index (χ1n) is 7.20. The molecule has 20 heavy (non-hydrogen) atoms. The van der Waals surface area contributed by atoms with E-state index in [2.05, 4.69) is 22.8 Å². The third-order valence-electron chi connectivity index (χ3n) is 4.27. The second-order valence-corrected chi connectivity index (χ2v) is 6.60. The van der Waals surface area contributed by atoms with Crippen molar-refractivity contribution in [3.05, 3.63) is 33.1 Å². The van der Waals surface area contributed by atoms with Crippen LogP contribution in [0.5, 0.6) is 0 Å². The molecule has 1 saturated carbocycles. The Labute approximate surface area is 123 Å². The van der Waals surface area contributed by atoms with Crippen molar-refractivity contribution in [1.29, 1.82) is 0 Å². The molecule has 0 aromatic carbocycles. The predicted octanol–water partition coefficient (Wildman–Crippen LogP) is 3.62. The average Bonchev–Trinajstić information content (AvgIpc) is 3.11. The zero-order valence-corrected chi connectivity index (χ0v) is 13.1. The van der Waals surface area contributed by atoms with Crippen molar-refractivity contribution in [2.45, 2.75) is 58.5 Å². The summed E-state index contributed by atoms with van der Waals surface area (Å²) < 4.78 is 5.25. The third-order valence-corrected chi connectivity index (χ3v) is 5.43. The molecule has 0 spiro atoms. The molecule has 2 aromatic rings. The molecule has 0 bridgehead atoms. The normalized spacial score (nSPS) is 17.8. The van der Waals surface area contributed by atoms with Crippen molar-refractivity contribution in [3.63, 3.8) is 0 Å². The molecule has 0 radical (unpaired) electrons. The van der Waals surface area contributed by atoms with Crippen molar-refractivity contribution < 1.29 is 4.52 Å². The van der Waals surface area contributed by atoms with Crippen molar-refractivity contribution in [2.75, 3.05) is 0 Å². The Balaban J connectivity index is 1.82. The minimum Gasteiger partial charge on any atom is -0.361 e. The first kappa shape index (κ1) is 13.8. The van der Waals surface area contributed by atoms with Gasteiger partial charge in [0, 0.05) is 23.2 Å². The summed E-state index contributed by atoms with van der Waals surface area (Å²) in [5, 5.41) is 11.2. The fourth-order valence-corrected chi connectivity index (χ4v) is 4.06. The van der Waals surface area contributed by atoms with Crippen LogP contribution < -0.4 is 5.32 Å². The monoisotopic (exact) mass is 291 g/mol. The van der Waals surface area contributed by atoms with E-state index in [0.29, 0.717) is 0 Å². The van der Waals surface area contributed by atoms with Gasteiger partial charge in [0.05, 0.1) is 11.2 Å². The van der Waals surface area contributed by atoms with Crippen LogP contribution >= 0.6 is 11.3 Å². The standard InChI is InChI=1S/C15H21N3OS/c1-10-9-20-14(17-10)15(6-4-5-7-15)16-8-13-11(2)18-19-12(13)3/h9,16H,4-8H2,1-3H3. The van der Waals surface area contributed by atoms with Gasteiger partial charge in [0.25, 0.3) is 0 Å². The van der Waals surface area contributed by atoms with Crippen LogP contribution in [0.4, 0.5) is 0 Å². The van der Waals surface area contributed by atoms with Gasteiger partial charge < -0.3 is 9.84 Å². The van der Waals surface area contributed by atoms with Gasteiger partial charge >= 0.3 is 0 Å². The summed E-state index contributed by atoms with van der Waals surface area (Å²) in [6, 6.07) is 0. The van der Waals surface area contributed by atoms with Crippen LogP contribution in [0.15, 0.2) is 9.90 Å². The van der Waals surface area contributed by atoms with E-state index in [1.54, 1.807) is 11.3 Å². The van der Waals surface area contributed by atoms with E-state index < -0.39 is 0 Å². The second kappa shape index (κ2) is 5.30. The lowest BCUT2D eigenvalue weighted by Gasteiger charge is -2.28. The Morgan fingerprint density at radius 1 is 1.30 bits per heavy atom. The summed E-state index contributed by atoms with van der Waals surface area (Å²) in [6.45, 7) is 6.85. The molecule has 0 unspecified atom stereocenters. The molecule has 1 fully saturated rings. The summed E-state index contributed by atoms with van der Waals surface area (Å²) in [5.41, 5.74) is 3.34. The molecule has 0 amide bonds. The van der Waals surface area contributed by atoms with Crippen molar-refractivity contribution >= 4 is 11.3 Å². The summed E-state index contributed by atoms with van der Waals surface area (Å²) in [5.74, 6) is 0.915. The Bertz CT molecular complexity index is 577. The Kier molecular flexibility index (Phi) is 3.65. The Hall–Kier alpha value is -1.20. The molecular formula is C15H21N3OS. The fourth-order valence-electron chi connectivity index (χ4n) is 3.03. The van der Waals surface area contributed by atoms with Gasteiger partial charge in [0.15, 0.2) is 0 Å². The number of hydrogen-bond donors (Lipinski definition) is 1. The molecule has 1 aliphatic carbocycles. The smallest absolute Gasteiger partial charge is 0.138 e. The highest BCUT2D eigenvalue weighted by molar-refractivity contribution is 7.09. The highest BCUT2D eigenvalue weighted by Crippen LogP contribution is 2.40. The number of aromatic nitrogens is 2. The molecule has 4 nitrogen and oxygen atoms in total. The van der Waals surface area contributed by atoms with Crippen LogP contribution in [0.2, 0.25) is 0 Å². The van der Waals surface area contributed by atoms with Crippen molar-refractivity contribution in [1.82, 2.24) is 15.5 Å². The van der Waals surface area contributed by atoms with Crippen molar-refractivity contribution in [3.8, 4) is 0 Å². The lowest BCUT2D eigenvalue weighted by Crippen LogP contribution is -2.39. The molecule has 5 heteroatoms. The van der Waals surface area contributed by atoms with Gasteiger partial charge in [-0.2, -0.15) is 0 Å². The highest BCUT2D eigenvalue weighted by Gasteiger charge is 2.38. The molecule has 1 N–H and O–H groups in total. The van der Waals surface area contributed by atoms with Gasteiger partial charge in [-0.1, -0.05) is 18.0 Å². The van der Waals surface area contributed by atoms with Crippen LogP contribution in [0, 0.1) is 20.8 Å². The number of nitrogens with one attached hydrogen (secondary N) is 1. The molecule has 3 rings (SSSR count). The van der Waals surface area contributed by atoms with E-state index in [0.717, 1.165) is 23.7 Å². The van der Waals surface area contributed by atoms with Gasteiger partial charge in [-0.3, -0.25) is 0 Å². The van der Waals surface area contributed by atoms with E-state index in [4.69, 9.17) is 9.51 Å². The molecule has 108 valence electrons. The fraction of sp³-hybridized carbons (Fsp3) is 0.600. The number of aryl methyl sites for hydroxylation is 3. The maximum Gasteiger partial charge on any atom is 0.138 e. The largest absolute Gasteiger partial charge is 0.361 e. The van der Waals surface area contributed by atoms with Crippen molar-refractivity contribution in [2.24, 2.45) is 0 Å². The average molecular weight is 291 g/mol. The first-order valence-corrected chi connectivity index (χ1v) is 8.08. The van der Waals surface area contributed by atoms with Gasteiger partial charge in [0.2, 0.25) is 0 Å². The molecule has 2 heterocycles. The Morgan fingerprint density at radius 2 is 2.05 bits per heavy atom. The van der Waals surface area contributed by atoms with E-state index in [-0.39, 0.29) is 5.54 Å². The Morgan fingerprint density at radius 3 is 2.60 bits per heavy atom. The maximum absolute atomic E-state index is 5.25. The first-order chi connectivity index (χ1) is 9.61. The molecule has 0 atom stereocenters. The summed E-state index contributed by atoms with van der Waals surface area (Å²) >= 11 is 1.78. The van der Waals surface area contributed by atoms with Gasteiger partial charge in [-0.25, -0.2) is 4.98 Å². The number of hydrogen-bond acceptors (Lipinski definition) is 5. The molecule has 0 saturated heterocycles. The number of rotatable bonds is 4. The summed E-state index contributed by atoms with van der Waals surface area (Å²) in [7, 11) is 0. The molecule has 2 aromatic heterocycles. The molecule has 0 aliphatic heterocycles. The minimum atomic E-state index is 0.0507. The van der Waals surface area contributed by atoms with Gasteiger partial charge in [-0.05, 0) is 33.6 Å². The summed E-state index contributed by atoms with van der Waals surface area (Å²) in [4.78, 5) is 4.73. The number of nitrogens with zero attached hydrogens (tertiary/aromatic N) is 2. The second-order valence-electron chi connectivity index (χ2n) is 5.74. The van der Waals surface area contributed by atoms with E-state index in [9.17, 15) is 0 Å². The lowest BCUT2D eigenvalue weighted by molar-refractivity contribution is 0.335. The van der Waals surface area contributed by atoms with Crippen LogP contribution in [0.1, 0.15) is 53.4 Å². The van der Waals surface area contributed by atoms with E-state index >= 15 is 0 Å². The lowest BCUT2D eigenvalue weighted by atomic mass is 9.97. The van der Waals surface area contributed by atoms with Gasteiger partial charge in [-0.15, -0.1) is 11.3 Å². The van der Waals surface area contributed by atoms with Crippen LogP contribution in [0.25, 0.3) is 0 Å². The highest BCUT2D eigenvalue weighted by atomic mass is 32.1. The SMILES string of the molecule is Cc1csc(C2(NCc3c(C)noc3C)CCCC2)n1. The van der Waals surface area contributed by atoms with Crippen LogP contribution in [-0.2, 0) is 12.1 Å². The number of thiazole rings is 1. The van der Waals surface area contributed by atoms with Crippen LogP contribution in [0.3, 0.4) is 0 Å². The molecular weight excluding hydrogens is 270 g/mol. The zero-order chi connectivity index (χ0) is 14.2. The summed E-state index contributed by atoms with van der Waals surface area (Å²) in [6.07, 6.45) is 4.88. The molecule has 1 aliphatic rings. The van der Waals surface area contributed by atoms with E-state index in [1.807, 2.05) is 13.8 Å². The topological polar surface area (TPSA) is 51.0 Å². The maximum atomic E-state index is 5.25. The third kappa shape index (κ3) is 2.40. The van der Waals surface area contributed by atoms with Gasteiger partial charge in [0.1, 0.15) is 10.8 Å². The van der Waals surface area contributed by atoms with Crippen LogP contribution in [-0.4, -0.2) is 10.1 Å². The quantitative estimate of drug-likeness (QED) is 0.935. The minimum absolute atomic E-state index is 0.0507. The predicted molar refractivity (Wildman–Crippen MR) is 79.8 cm³/mol.